The summed E-state index contributed by atoms with van der Waals surface area (Å²) in [6.07, 6.45) is 0.624. The fraction of sp³-hybridized carbons (Fsp3) is 0.308. The van der Waals surface area contributed by atoms with Gasteiger partial charge in [-0.1, -0.05) is 12.1 Å². The Morgan fingerprint density at radius 3 is 2.22 bits per heavy atom. The van der Waals surface area contributed by atoms with Crippen LogP contribution >= 0.6 is 0 Å². The fourth-order valence-electron chi connectivity index (χ4n) is 2.37. The predicted molar refractivity (Wildman–Crippen MR) is 61.9 cm³/mol. The Bertz CT molecular complexity index is 529. The monoisotopic (exact) mass is 245 g/mol. The van der Waals surface area contributed by atoms with Gasteiger partial charge in [-0.25, -0.2) is 0 Å². The molecule has 1 saturated heterocycles. The Labute approximate surface area is 103 Å². The van der Waals surface area contributed by atoms with Crippen molar-refractivity contribution in [3.8, 4) is 0 Å². The molecule has 18 heavy (non-hydrogen) atoms. The van der Waals surface area contributed by atoms with E-state index >= 15 is 0 Å². The number of amides is 2. The van der Waals surface area contributed by atoms with Gasteiger partial charge in [0.1, 0.15) is 0 Å². The minimum Gasteiger partial charge on any atom is -0.481 e. The summed E-state index contributed by atoms with van der Waals surface area (Å²) in [5.74, 6) is -1.39. The predicted octanol–water partition coefficient (Wildman–Crippen LogP) is 0.823. The van der Waals surface area contributed by atoms with Crippen LogP contribution < -0.4 is 4.90 Å². The van der Waals surface area contributed by atoms with Crippen molar-refractivity contribution in [1.29, 1.82) is 0 Å². The number of carboxylic acids is 1. The van der Waals surface area contributed by atoms with E-state index in [4.69, 9.17) is 5.11 Å². The summed E-state index contributed by atoms with van der Waals surface area (Å²) in [5.41, 5.74) is 1.18. The van der Waals surface area contributed by atoms with Gasteiger partial charge in [0.05, 0.1) is 23.9 Å². The molecule has 1 saturated carbocycles. The number of benzene rings is 1. The first-order valence-electron chi connectivity index (χ1n) is 5.76. The molecule has 2 fully saturated rings. The van der Waals surface area contributed by atoms with Gasteiger partial charge in [-0.05, 0) is 24.1 Å². The van der Waals surface area contributed by atoms with Crippen molar-refractivity contribution >= 4 is 23.5 Å². The van der Waals surface area contributed by atoms with Crippen LogP contribution in [0.4, 0.5) is 5.69 Å². The van der Waals surface area contributed by atoms with Crippen LogP contribution in [0.3, 0.4) is 0 Å². The van der Waals surface area contributed by atoms with Crippen LogP contribution in [0.25, 0.3) is 0 Å². The lowest BCUT2D eigenvalue weighted by molar-refractivity contribution is -0.136. The number of imide groups is 1. The molecule has 3 rings (SSSR count). The number of hydrogen-bond donors (Lipinski definition) is 1. The zero-order chi connectivity index (χ0) is 12.9. The highest BCUT2D eigenvalue weighted by Gasteiger charge is 2.59. The van der Waals surface area contributed by atoms with Gasteiger partial charge in [-0.2, -0.15) is 0 Å². The average molecular weight is 245 g/mol. The molecular weight excluding hydrogens is 234 g/mol. The lowest BCUT2D eigenvalue weighted by atomic mass is 10.1. The van der Waals surface area contributed by atoms with Crippen LogP contribution in [0.2, 0.25) is 0 Å². The molecule has 2 atom stereocenters. The Morgan fingerprint density at radius 1 is 1.17 bits per heavy atom. The maximum absolute atomic E-state index is 11.8. The summed E-state index contributed by atoms with van der Waals surface area (Å²) in [6, 6.07) is 6.51. The Kier molecular flexibility index (Phi) is 2.23. The molecule has 2 amide bonds. The molecule has 1 aromatic rings. The molecule has 0 bridgehead atoms. The SMILES string of the molecule is O=C(O)Cc1ccc(N2C(=O)C3CC3C2=O)cc1. The molecule has 5 nitrogen and oxygen atoms in total. The number of rotatable bonds is 3. The number of anilines is 1. The quantitative estimate of drug-likeness (QED) is 0.800. The first kappa shape index (κ1) is 11.0. The van der Waals surface area contributed by atoms with Gasteiger partial charge < -0.3 is 5.11 Å². The van der Waals surface area contributed by atoms with Gasteiger partial charge in [-0.3, -0.25) is 19.3 Å². The fourth-order valence-corrected chi connectivity index (χ4v) is 2.37. The molecule has 2 aliphatic rings. The maximum atomic E-state index is 11.8. The second-order valence-electron chi connectivity index (χ2n) is 4.70. The second kappa shape index (κ2) is 3.66. The van der Waals surface area contributed by atoms with Gasteiger partial charge in [0.25, 0.3) is 0 Å². The third-order valence-electron chi connectivity index (χ3n) is 3.42. The normalized spacial score (nSPS) is 25.2. The highest BCUT2D eigenvalue weighted by molar-refractivity contribution is 6.24. The Morgan fingerprint density at radius 2 is 1.72 bits per heavy atom. The number of aliphatic carboxylic acids is 1. The number of piperidine rings is 1. The third-order valence-corrected chi connectivity index (χ3v) is 3.42. The minimum atomic E-state index is -0.905. The maximum Gasteiger partial charge on any atom is 0.307 e. The van der Waals surface area contributed by atoms with E-state index in [1.54, 1.807) is 24.3 Å². The van der Waals surface area contributed by atoms with E-state index in [2.05, 4.69) is 0 Å². The van der Waals surface area contributed by atoms with Crippen LogP contribution in [0.15, 0.2) is 24.3 Å². The number of carboxylic acid groups (broad SMARTS) is 1. The molecule has 2 unspecified atom stereocenters. The van der Waals surface area contributed by atoms with E-state index in [-0.39, 0.29) is 30.1 Å². The second-order valence-corrected chi connectivity index (χ2v) is 4.70. The van der Waals surface area contributed by atoms with E-state index in [1.165, 1.54) is 4.90 Å². The molecule has 1 aliphatic carbocycles. The average Bonchev–Trinajstić information content (AvgIpc) is 3.06. The van der Waals surface area contributed by atoms with E-state index in [9.17, 15) is 14.4 Å². The lowest BCUT2D eigenvalue weighted by Gasteiger charge is -2.16. The van der Waals surface area contributed by atoms with Crippen molar-refractivity contribution in [2.45, 2.75) is 12.8 Å². The van der Waals surface area contributed by atoms with Crippen LogP contribution in [0.5, 0.6) is 0 Å². The molecule has 0 radical (unpaired) electrons. The standard InChI is InChI=1S/C13H11NO4/c15-11(16)5-7-1-3-8(4-2-7)14-12(17)9-6-10(9)13(14)18/h1-4,9-10H,5-6H2,(H,15,16). The van der Waals surface area contributed by atoms with E-state index in [0.717, 1.165) is 0 Å². The van der Waals surface area contributed by atoms with Crippen molar-refractivity contribution in [1.82, 2.24) is 0 Å². The Balaban J connectivity index is 1.83. The smallest absolute Gasteiger partial charge is 0.307 e. The summed E-state index contributed by atoms with van der Waals surface area (Å²) >= 11 is 0. The first-order valence-corrected chi connectivity index (χ1v) is 5.76. The van der Waals surface area contributed by atoms with E-state index in [0.29, 0.717) is 17.7 Å². The largest absolute Gasteiger partial charge is 0.481 e. The zero-order valence-corrected chi connectivity index (χ0v) is 9.50. The highest BCUT2D eigenvalue weighted by Crippen LogP contribution is 2.48. The molecule has 5 heteroatoms. The number of nitrogens with zero attached hydrogens (tertiary/aromatic N) is 1. The topological polar surface area (TPSA) is 74.7 Å². The van der Waals surface area contributed by atoms with Gasteiger partial charge in [0, 0.05) is 0 Å². The molecule has 1 aromatic carbocycles. The molecule has 0 spiro atoms. The first-order chi connectivity index (χ1) is 8.58. The minimum absolute atomic E-state index is 0.0621. The zero-order valence-electron chi connectivity index (χ0n) is 9.50. The number of carbonyl (C=O) groups excluding carboxylic acids is 2. The van der Waals surface area contributed by atoms with Gasteiger partial charge >= 0.3 is 5.97 Å². The van der Waals surface area contributed by atoms with Crippen molar-refractivity contribution in [3.63, 3.8) is 0 Å². The lowest BCUT2D eigenvalue weighted by Crippen LogP contribution is -2.32. The van der Waals surface area contributed by atoms with E-state index in [1.807, 2.05) is 0 Å². The molecule has 92 valence electrons. The molecule has 0 aromatic heterocycles. The van der Waals surface area contributed by atoms with Crippen molar-refractivity contribution in [2.24, 2.45) is 11.8 Å². The van der Waals surface area contributed by atoms with Crippen LogP contribution in [0, 0.1) is 11.8 Å². The van der Waals surface area contributed by atoms with Gasteiger partial charge in [0.2, 0.25) is 11.8 Å². The van der Waals surface area contributed by atoms with Crippen LogP contribution in [-0.4, -0.2) is 22.9 Å². The molecule has 1 N–H and O–H groups in total. The summed E-state index contributed by atoms with van der Waals surface area (Å²) in [6.45, 7) is 0. The van der Waals surface area contributed by atoms with Gasteiger partial charge in [-0.15, -0.1) is 0 Å². The van der Waals surface area contributed by atoms with Gasteiger partial charge in [0.15, 0.2) is 0 Å². The number of fused-ring (bicyclic) bond motifs is 1. The van der Waals surface area contributed by atoms with Crippen molar-refractivity contribution < 1.29 is 19.5 Å². The summed E-state index contributed by atoms with van der Waals surface area (Å²) in [4.78, 5) is 35.4. The van der Waals surface area contributed by atoms with Crippen LogP contribution in [-0.2, 0) is 20.8 Å². The molecular formula is C13H11NO4. The molecule has 1 heterocycles. The van der Waals surface area contributed by atoms with E-state index < -0.39 is 5.97 Å². The van der Waals surface area contributed by atoms with Crippen molar-refractivity contribution in [3.05, 3.63) is 29.8 Å². The van der Waals surface area contributed by atoms with Crippen LogP contribution in [0.1, 0.15) is 12.0 Å². The summed E-state index contributed by atoms with van der Waals surface area (Å²) in [5, 5.41) is 8.65. The number of hydrogen-bond acceptors (Lipinski definition) is 3. The summed E-state index contributed by atoms with van der Waals surface area (Å²) in [7, 11) is 0. The third kappa shape index (κ3) is 1.59. The molecule has 1 aliphatic heterocycles. The van der Waals surface area contributed by atoms with Crippen molar-refractivity contribution in [2.75, 3.05) is 4.90 Å². The Hall–Kier alpha value is -2.17. The number of carbonyl (C=O) groups is 3. The highest BCUT2D eigenvalue weighted by atomic mass is 16.4. The summed E-state index contributed by atoms with van der Waals surface area (Å²) < 4.78 is 0.